The lowest BCUT2D eigenvalue weighted by Crippen LogP contribution is -2.46. The number of methoxy groups -OCH3 is 1. The van der Waals surface area contributed by atoms with Crippen molar-refractivity contribution in [3.8, 4) is 11.5 Å². The van der Waals surface area contributed by atoms with Gasteiger partial charge in [0, 0.05) is 39.0 Å². The van der Waals surface area contributed by atoms with E-state index in [-0.39, 0.29) is 17.4 Å². The van der Waals surface area contributed by atoms with Gasteiger partial charge < -0.3 is 19.5 Å². The van der Waals surface area contributed by atoms with E-state index >= 15 is 0 Å². The fourth-order valence-corrected chi connectivity index (χ4v) is 4.24. The van der Waals surface area contributed by atoms with Crippen molar-refractivity contribution in [2.24, 2.45) is 0 Å². The fourth-order valence-electron chi connectivity index (χ4n) is 4.24. The maximum atomic E-state index is 12.4. The number of ether oxygens (including phenoxy) is 2. The number of carbonyl (C=O) groups excluding carboxylic acids is 1. The van der Waals surface area contributed by atoms with Crippen LogP contribution < -0.4 is 4.74 Å². The van der Waals surface area contributed by atoms with Gasteiger partial charge in [0.1, 0.15) is 5.60 Å². The Morgan fingerprint density at radius 3 is 2.55 bits per heavy atom. The molecule has 1 amide bonds. The number of carbonyl (C=O) groups is 1. The molecule has 2 fully saturated rings. The summed E-state index contributed by atoms with van der Waals surface area (Å²) in [5.74, 6) is 0.650. The summed E-state index contributed by atoms with van der Waals surface area (Å²) in [5, 5.41) is 9.97. The summed E-state index contributed by atoms with van der Waals surface area (Å²) < 4.78 is 10.9. The predicted molar refractivity (Wildman–Crippen MR) is 110 cm³/mol. The van der Waals surface area contributed by atoms with Gasteiger partial charge in [0.15, 0.2) is 11.5 Å². The Balaban J connectivity index is 1.29. The third-order valence-electron chi connectivity index (χ3n) is 5.97. The van der Waals surface area contributed by atoms with Gasteiger partial charge >= 0.3 is 6.09 Å². The molecule has 6 heteroatoms. The van der Waals surface area contributed by atoms with Crippen LogP contribution in [0.25, 0.3) is 0 Å². The maximum Gasteiger partial charge on any atom is 0.410 e. The second-order valence-electron chi connectivity index (χ2n) is 7.99. The van der Waals surface area contributed by atoms with Gasteiger partial charge in [-0.25, -0.2) is 4.79 Å². The summed E-state index contributed by atoms with van der Waals surface area (Å²) in [7, 11) is 1.55. The molecule has 0 aliphatic carbocycles. The molecule has 29 heavy (non-hydrogen) atoms. The number of likely N-dealkylation sites (tertiary alicyclic amines) is 1. The molecular weight excluding hydrogens is 368 g/mol. The molecule has 0 radical (unpaired) electrons. The van der Waals surface area contributed by atoms with Crippen LogP contribution in [0.15, 0.2) is 48.5 Å². The first-order valence-electron chi connectivity index (χ1n) is 10.2. The lowest BCUT2D eigenvalue weighted by atomic mass is 9.91. The molecule has 2 aromatic carbocycles. The molecule has 1 spiro atoms. The van der Waals surface area contributed by atoms with Crippen LogP contribution in [0.2, 0.25) is 0 Å². The zero-order valence-electron chi connectivity index (χ0n) is 16.8. The highest BCUT2D eigenvalue weighted by Gasteiger charge is 2.46. The number of benzene rings is 2. The number of hydrogen-bond donors (Lipinski definition) is 1. The summed E-state index contributed by atoms with van der Waals surface area (Å²) in [6.45, 7) is 3.87. The summed E-state index contributed by atoms with van der Waals surface area (Å²) in [4.78, 5) is 16.6. The van der Waals surface area contributed by atoms with Gasteiger partial charge in [-0.05, 0) is 29.7 Å². The first-order chi connectivity index (χ1) is 14.1. The second kappa shape index (κ2) is 8.33. The number of piperidine rings is 1. The third-order valence-corrected chi connectivity index (χ3v) is 5.97. The first kappa shape index (κ1) is 19.6. The van der Waals surface area contributed by atoms with E-state index in [1.54, 1.807) is 19.2 Å². The summed E-state index contributed by atoms with van der Waals surface area (Å²) in [6, 6.07) is 15.8. The molecule has 2 aliphatic heterocycles. The Labute approximate surface area is 171 Å². The molecule has 0 saturated carbocycles. The van der Waals surface area contributed by atoms with Gasteiger partial charge in [-0.3, -0.25) is 4.90 Å². The molecule has 0 bridgehead atoms. The standard InChI is InChI=1S/C23H28N2O4/c1-28-21-8-7-19(15-20(21)26)16-24-13-10-23(11-14-24)17-25(22(27)29-23)12-9-18-5-3-2-4-6-18/h2-8,15,26H,9-14,16-17H2,1H3. The molecule has 0 atom stereocenters. The third kappa shape index (κ3) is 4.48. The lowest BCUT2D eigenvalue weighted by molar-refractivity contribution is -0.00125. The topological polar surface area (TPSA) is 62.2 Å². The Morgan fingerprint density at radius 2 is 1.86 bits per heavy atom. The number of phenols is 1. The Hall–Kier alpha value is -2.73. The van der Waals surface area contributed by atoms with Gasteiger partial charge in [0.2, 0.25) is 0 Å². The first-order valence-corrected chi connectivity index (χ1v) is 10.2. The molecule has 4 rings (SSSR count). The van der Waals surface area contributed by atoms with Crippen molar-refractivity contribution in [3.05, 3.63) is 59.7 Å². The normalized spacial score (nSPS) is 18.8. The zero-order chi connectivity index (χ0) is 20.3. The van der Waals surface area contributed by atoms with Crippen LogP contribution in [0, 0.1) is 0 Å². The molecule has 1 N–H and O–H groups in total. The van der Waals surface area contributed by atoms with E-state index in [0.717, 1.165) is 44.5 Å². The van der Waals surface area contributed by atoms with Crippen molar-refractivity contribution >= 4 is 6.09 Å². The minimum absolute atomic E-state index is 0.164. The number of phenolic OH excluding ortho intramolecular Hbond substituents is 1. The average Bonchev–Trinajstić information content (AvgIpc) is 3.04. The zero-order valence-corrected chi connectivity index (χ0v) is 16.8. The van der Waals surface area contributed by atoms with E-state index in [9.17, 15) is 9.90 Å². The van der Waals surface area contributed by atoms with Crippen LogP contribution >= 0.6 is 0 Å². The van der Waals surface area contributed by atoms with Crippen LogP contribution in [-0.4, -0.2) is 59.9 Å². The van der Waals surface area contributed by atoms with Crippen LogP contribution in [0.3, 0.4) is 0 Å². The molecule has 2 aliphatic rings. The van der Waals surface area contributed by atoms with E-state index in [0.29, 0.717) is 18.8 Å². The van der Waals surface area contributed by atoms with Crippen molar-refractivity contribution in [2.45, 2.75) is 31.4 Å². The van der Waals surface area contributed by atoms with Crippen LogP contribution in [0.1, 0.15) is 24.0 Å². The Bertz CT molecular complexity index is 847. The van der Waals surface area contributed by atoms with Crippen molar-refractivity contribution in [1.82, 2.24) is 9.80 Å². The van der Waals surface area contributed by atoms with Crippen molar-refractivity contribution in [2.75, 3.05) is 33.3 Å². The highest BCUT2D eigenvalue weighted by Crippen LogP contribution is 2.34. The van der Waals surface area contributed by atoms with Gasteiger partial charge in [-0.2, -0.15) is 0 Å². The highest BCUT2D eigenvalue weighted by atomic mass is 16.6. The number of nitrogens with zero attached hydrogens (tertiary/aromatic N) is 2. The molecule has 0 aromatic heterocycles. The minimum atomic E-state index is -0.355. The molecule has 154 valence electrons. The summed E-state index contributed by atoms with van der Waals surface area (Å²) in [5.41, 5.74) is 1.93. The average molecular weight is 396 g/mol. The molecule has 6 nitrogen and oxygen atoms in total. The Morgan fingerprint density at radius 1 is 1.10 bits per heavy atom. The number of amides is 1. The quantitative estimate of drug-likeness (QED) is 0.811. The second-order valence-corrected chi connectivity index (χ2v) is 7.99. The molecule has 2 saturated heterocycles. The fraction of sp³-hybridized carbons (Fsp3) is 0.435. The van der Waals surface area contributed by atoms with Gasteiger partial charge in [0.25, 0.3) is 0 Å². The van der Waals surface area contributed by atoms with Gasteiger partial charge in [-0.15, -0.1) is 0 Å². The maximum absolute atomic E-state index is 12.4. The van der Waals surface area contributed by atoms with Crippen LogP contribution in [0.5, 0.6) is 11.5 Å². The SMILES string of the molecule is COc1ccc(CN2CCC3(CC2)CN(CCc2ccccc2)C(=O)O3)cc1O. The van der Waals surface area contributed by atoms with Crippen molar-refractivity contribution in [3.63, 3.8) is 0 Å². The van der Waals surface area contributed by atoms with Crippen molar-refractivity contribution in [1.29, 1.82) is 0 Å². The number of aromatic hydroxyl groups is 1. The summed E-state index contributed by atoms with van der Waals surface area (Å²) >= 11 is 0. The molecule has 2 heterocycles. The van der Waals surface area contributed by atoms with E-state index in [2.05, 4.69) is 17.0 Å². The molecular formula is C23H28N2O4. The smallest absolute Gasteiger partial charge is 0.410 e. The monoisotopic (exact) mass is 396 g/mol. The lowest BCUT2D eigenvalue weighted by Gasteiger charge is -2.37. The van der Waals surface area contributed by atoms with Crippen LogP contribution in [0.4, 0.5) is 4.79 Å². The van der Waals surface area contributed by atoms with Gasteiger partial charge in [0.05, 0.1) is 13.7 Å². The predicted octanol–water partition coefficient (Wildman–Crippen LogP) is 3.43. The van der Waals surface area contributed by atoms with Crippen molar-refractivity contribution < 1.29 is 19.4 Å². The minimum Gasteiger partial charge on any atom is -0.504 e. The molecule has 2 aromatic rings. The largest absolute Gasteiger partial charge is 0.504 e. The van der Waals surface area contributed by atoms with Gasteiger partial charge in [-0.1, -0.05) is 36.4 Å². The number of hydrogen-bond acceptors (Lipinski definition) is 5. The van der Waals surface area contributed by atoms with E-state index in [1.807, 2.05) is 29.2 Å². The summed E-state index contributed by atoms with van der Waals surface area (Å²) in [6.07, 6.45) is 2.33. The van der Waals surface area contributed by atoms with E-state index < -0.39 is 0 Å². The Kier molecular flexibility index (Phi) is 5.62. The van der Waals surface area contributed by atoms with Crippen LogP contribution in [-0.2, 0) is 17.7 Å². The number of rotatable bonds is 6. The molecule has 0 unspecified atom stereocenters. The van der Waals surface area contributed by atoms with E-state index in [1.165, 1.54) is 5.56 Å². The van der Waals surface area contributed by atoms with E-state index in [4.69, 9.17) is 9.47 Å². The highest BCUT2D eigenvalue weighted by molar-refractivity contribution is 5.70.